The van der Waals surface area contributed by atoms with Crippen LogP contribution in [0.1, 0.15) is 168 Å². The van der Waals surface area contributed by atoms with E-state index in [4.69, 9.17) is 0 Å². The van der Waals surface area contributed by atoms with Gasteiger partial charge < -0.3 is 0 Å². The van der Waals surface area contributed by atoms with E-state index in [1.54, 1.807) is 5.82 Å². The summed E-state index contributed by atoms with van der Waals surface area (Å²) in [5.41, 5.74) is 0. The number of aromatic nitrogens is 2. The number of imidazole rings is 1. The third-order valence-electron chi connectivity index (χ3n) is 7.35. The van der Waals surface area contributed by atoms with Gasteiger partial charge in [-0.25, -0.2) is 9.13 Å². The second-order valence-corrected chi connectivity index (χ2v) is 10.6. The third kappa shape index (κ3) is 16.5. The number of hydrogen-bond donors (Lipinski definition) is 0. The Labute approximate surface area is 208 Å². The van der Waals surface area contributed by atoms with E-state index in [0.717, 1.165) is 0 Å². The molecule has 0 spiro atoms. The second-order valence-electron chi connectivity index (χ2n) is 10.6. The molecule has 0 N–H and O–H groups in total. The topological polar surface area (TPSA) is 8.81 Å². The van der Waals surface area contributed by atoms with Gasteiger partial charge in [-0.1, -0.05) is 130 Å². The Morgan fingerprint density at radius 2 is 0.939 bits per heavy atom. The Morgan fingerprint density at radius 3 is 1.45 bits per heavy atom. The molecule has 0 bridgehead atoms. The van der Waals surface area contributed by atoms with E-state index in [1.165, 1.54) is 161 Å². The van der Waals surface area contributed by atoms with E-state index in [1.807, 2.05) is 0 Å². The summed E-state index contributed by atoms with van der Waals surface area (Å²) in [6.45, 7) is 9.37. The molecule has 194 valence electrons. The smallest absolute Gasteiger partial charge is 0.234 e. The first-order valence-corrected chi connectivity index (χ1v) is 15.4. The zero-order valence-electron chi connectivity index (χ0n) is 23.2. The van der Waals surface area contributed by atoms with Gasteiger partial charge in [0.25, 0.3) is 5.82 Å². The average Bonchev–Trinajstić information content (AvgIpc) is 3.21. The Hall–Kier alpha value is -0.790. The minimum atomic E-state index is 1.22. The first-order valence-electron chi connectivity index (χ1n) is 15.4. The van der Waals surface area contributed by atoms with Crippen LogP contribution >= 0.6 is 0 Å². The molecule has 0 amide bonds. The van der Waals surface area contributed by atoms with E-state index >= 15 is 0 Å². The van der Waals surface area contributed by atoms with Gasteiger partial charge in [-0.2, -0.15) is 0 Å². The second kappa shape index (κ2) is 23.0. The predicted molar refractivity (Wildman–Crippen MR) is 147 cm³/mol. The zero-order chi connectivity index (χ0) is 23.8. The summed E-state index contributed by atoms with van der Waals surface area (Å²) in [7, 11) is 0. The van der Waals surface area contributed by atoms with Gasteiger partial charge in [-0.05, 0) is 32.1 Å². The lowest BCUT2D eigenvalue weighted by molar-refractivity contribution is -0.704. The number of nitrogens with zero attached hydrogens (tertiary/aromatic N) is 2. The summed E-state index contributed by atoms with van der Waals surface area (Å²) in [6.07, 6.45) is 37.0. The molecule has 2 heteroatoms. The van der Waals surface area contributed by atoms with E-state index in [-0.39, 0.29) is 0 Å². The molecule has 0 radical (unpaired) electrons. The van der Waals surface area contributed by atoms with Crippen LogP contribution in [0.15, 0.2) is 12.4 Å². The van der Waals surface area contributed by atoms with Gasteiger partial charge in [0.1, 0.15) is 12.4 Å². The lowest BCUT2D eigenvalue weighted by atomic mass is 10.1. The van der Waals surface area contributed by atoms with Crippen molar-refractivity contribution < 1.29 is 4.57 Å². The fraction of sp³-hybridized carbons (Fsp3) is 0.903. The maximum Gasteiger partial charge on any atom is 0.256 e. The number of aryl methyl sites for hydroxylation is 2. The first kappa shape index (κ1) is 30.2. The third-order valence-corrected chi connectivity index (χ3v) is 7.35. The number of unbranched alkanes of at least 4 members (excludes halogenated alkanes) is 19. The largest absolute Gasteiger partial charge is 0.256 e. The van der Waals surface area contributed by atoms with Gasteiger partial charge in [0, 0.05) is 6.42 Å². The summed E-state index contributed by atoms with van der Waals surface area (Å²) >= 11 is 0. The summed E-state index contributed by atoms with van der Waals surface area (Å²) < 4.78 is 5.20. The molecule has 1 heterocycles. The van der Waals surface area contributed by atoms with E-state index < -0.39 is 0 Å². The Kier molecular flexibility index (Phi) is 21.1. The first-order chi connectivity index (χ1) is 16.3. The SMILES string of the molecule is CCCCCCCCCCCCCc1n(CCCCCCC)cc[n+]1CCCCCCCC. The molecule has 0 atom stereocenters. The minimum Gasteiger partial charge on any atom is -0.234 e. The Bertz CT molecular complexity index is 519. The van der Waals surface area contributed by atoms with Crippen molar-refractivity contribution in [3.05, 3.63) is 18.2 Å². The van der Waals surface area contributed by atoms with Crippen LogP contribution in [-0.4, -0.2) is 4.57 Å². The van der Waals surface area contributed by atoms with Crippen LogP contribution in [0.5, 0.6) is 0 Å². The molecule has 2 nitrogen and oxygen atoms in total. The number of rotatable bonds is 25. The van der Waals surface area contributed by atoms with E-state index in [0.29, 0.717) is 0 Å². The van der Waals surface area contributed by atoms with Crippen molar-refractivity contribution in [3.8, 4) is 0 Å². The highest BCUT2D eigenvalue weighted by Gasteiger charge is 2.16. The maximum absolute atomic E-state index is 2.60. The van der Waals surface area contributed by atoms with Gasteiger partial charge in [0.15, 0.2) is 0 Å². The van der Waals surface area contributed by atoms with Crippen LogP contribution in [0.4, 0.5) is 0 Å². The molecule has 1 aromatic rings. The van der Waals surface area contributed by atoms with Crippen molar-refractivity contribution in [2.45, 2.75) is 182 Å². The van der Waals surface area contributed by atoms with E-state index in [9.17, 15) is 0 Å². The van der Waals surface area contributed by atoms with E-state index in [2.05, 4.69) is 42.3 Å². The quantitative estimate of drug-likeness (QED) is 0.101. The Morgan fingerprint density at radius 1 is 0.515 bits per heavy atom. The predicted octanol–water partition coefficient (Wildman–Crippen LogP) is 9.96. The lowest BCUT2D eigenvalue weighted by Crippen LogP contribution is -2.37. The van der Waals surface area contributed by atoms with Gasteiger partial charge >= 0.3 is 0 Å². The van der Waals surface area contributed by atoms with Gasteiger partial charge in [-0.3, -0.25) is 0 Å². The summed E-state index contributed by atoms with van der Waals surface area (Å²) in [5, 5.41) is 0. The van der Waals surface area contributed by atoms with Crippen molar-refractivity contribution in [3.63, 3.8) is 0 Å². The fourth-order valence-corrected chi connectivity index (χ4v) is 5.09. The van der Waals surface area contributed by atoms with Crippen LogP contribution in [0, 0.1) is 0 Å². The molecule has 0 aliphatic rings. The van der Waals surface area contributed by atoms with Crippen molar-refractivity contribution in [1.82, 2.24) is 4.57 Å². The maximum atomic E-state index is 2.60. The molecule has 0 aliphatic heterocycles. The Balaban J connectivity index is 2.32. The average molecular weight is 462 g/mol. The normalized spacial score (nSPS) is 11.5. The van der Waals surface area contributed by atoms with Crippen LogP contribution in [-0.2, 0) is 19.5 Å². The number of hydrogen-bond acceptors (Lipinski definition) is 0. The lowest BCUT2D eigenvalue weighted by Gasteiger charge is -2.07. The van der Waals surface area contributed by atoms with Crippen molar-refractivity contribution in [1.29, 1.82) is 0 Å². The van der Waals surface area contributed by atoms with Crippen LogP contribution in [0.2, 0.25) is 0 Å². The molecule has 0 unspecified atom stereocenters. The summed E-state index contributed by atoms with van der Waals surface area (Å²) in [6, 6.07) is 0. The summed E-state index contributed by atoms with van der Waals surface area (Å²) in [5.74, 6) is 1.61. The minimum absolute atomic E-state index is 1.22. The fourth-order valence-electron chi connectivity index (χ4n) is 5.09. The molecule has 0 saturated carbocycles. The van der Waals surface area contributed by atoms with Crippen LogP contribution < -0.4 is 4.57 Å². The molecule has 33 heavy (non-hydrogen) atoms. The summed E-state index contributed by atoms with van der Waals surface area (Å²) in [4.78, 5) is 0. The highest BCUT2D eigenvalue weighted by atomic mass is 15.1. The molecule has 0 saturated heterocycles. The molecule has 0 aromatic carbocycles. The van der Waals surface area contributed by atoms with Crippen LogP contribution in [0.3, 0.4) is 0 Å². The molecule has 1 aromatic heterocycles. The molecular weight excluding hydrogens is 400 g/mol. The highest BCUT2D eigenvalue weighted by molar-refractivity contribution is 4.84. The van der Waals surface area contributed by atoms with Crippen molar-refractivity contribution in [2.75, 3.05) is 0 Å². The van der Waals surface area contributed by atoms with Crippen LogP contribution in [0.25, 0.3) is 0 Å². The van der Waals surface area contributed by atoms with Gasteiger partial charge in [0.05, 0.1) is 13.1 Å². The molecular formula is C31H61N2+. The monoisotopic (exact) mass is 461 g/mol. The highest BCUT2D eigenvalue weighted by Crippen LogP contribution is 2.13. The van der Waals surface area contributed by atoms with Gasteiger partial charge in [-0.15, -0.1) is 0 Å². The van der Waals surface area contributed by atoms with Crippen molar-refractivity contribution >= 4 is 0 Å². The van der Waals surface area contributed by atoms with Crippen molar-refractivity contribution in [2.24, 2.45) is 0 Å². The molecule has 0 fully saturated rings. The molecule has 1 rings (SSSR count). The standard InChI is InChI=1S/C31H61N2/c1-4-7-10-13-15-16-17-18-19-20-23-26-31-32(27-24-21-12-9-6-3)29-30-33(31)28-25-22-14-11-8-5-2/h29-30H,4-28H2,1-3H3/q+1. The zero-order valence-corrected chi connectivity index (χ0v) is 23.2. The van der Waals surface area contributed by atoms with Gasteiger partial charge in [0.2, 0.25) is 0 Å². The molecule has 0 aliphatic carbocycles.